The monoisotopic (exact) mass is 492 g/mol. The summed E-state index contributed by atoms with van der Waals surface area (Å²) in [5.41, 5.74) is 1.13. The van der Waals surface area contributed by atoms with Crippen molar-refractivity contribution in [1.29, 1.82) is 0 Å². The van der Waals surface area contributed by atoms with Crippen molar-refractivity contribution >= 4 is 27.3 Å². The van der Waals surface area contributed by atoms with Gasteiger partial charge in [0.15, 0.2) is 0 Å². The summed E-state index contributed by atoms with van der Waals surface area (Å²) in [7, 11) is -3.56. The largest absolute Gasteiger partial charge is 0.340 e. The third-order valence-corrected chi connectivity index (χ3v) is 8.76. The van der Waals surface area contributed by atoms with Crippen LogP contribution < -0.4 is 0 Å². The molecule has 0 spiro atoms. The summed E-state index contributed by atoms with van der Waals surface area (Å²) in [6.07, 6.45) is 0.456. The van der Waals surface area contributed by atoms with Crippen molar-refractivity contribution in [2.75, 3.05) is 26.2 Å². The first-order valence-electron chi connectivity index (χ1n) is 10.6. The number of amides is 1. The molecule has 11 heteroatoms. The van der Waals surface area contributed by atoms with Crippen LogP contribution in [0.3, 0.4) is 0 Å². The molecule has 3 heterocycles. The molecule has 0 N–H and O–H groups in total. The van der Waals surface area contributed by atoms with E-state index in [0.717, 1.165) is 9.75 Å². The summed E-state index contributed by atoms with van der Waals surface area (Å²) in [5, 5.41) is 3.92. The smallest absolute Gasteiger partial charge is 0.244 e. The molecule has 1 aliphatic rings. The van der Waals surface area contributed by atoms with Gasteiger partial charge < -0.3 is 9.42 Å². The average molecular weight is 493 g/mol. The van der Waals surface area contributed by atoms with E-state index >= 15 is 0 Å². The Balaban J connectivity index is 1.31. The minimum absolute atomic E-state index is 0.0908. The van der Waals surface area contributed by atoms with Crippen LogP contribution in [0.1, 0.15) is 27.6 Å². The van der Waals surface area contributed by atoms with Gasteiger partial charge in [0.05, 0.1) is 4.90 Å². The fourth-order valence-corrected chi connectivity index (χ4v) is 6.76. The predicted octanol–water partition coefficient (Wildman–Crippen LogP) is 3.33. The minimum atomic E-state index is -3.56. The van der Waals surface area contributed by atoms with Crippen molar-refractivity contribution in [2.45, 2.75) is 38.5 Å². The molecule has 0 unspecified atom stereocenters. The molecule has 0 atom stereocenters. The number of piperazine rings is 1. The van der Waals surface area contributed by atoms with E-state index in [9.17, 15) is 17.6 Å². The number of nitrogens with zero attached hydrogens (tertiary/aromatic N) is 4. The first-order chi connectivity index (χ1) is 15.6. The van der Waals surface area contributed by atoms with E-state index in [0.29, 0.717) is 40.8 Å². The Hall–Kier alpha value is -2.63. The third-order valence-electron chi connectivity index (χ3n) is 5.64. The van der Waals surface area contributed by atoms with Crippen molar-refractivity contribution in [1.82, 2.24) is 19.3 Å². The van der Waals surface area contributed by atoms with Gasteiger partial charge in [0.2, 0.25) is 27.6 Å². The lowest BCUT2D eigenvalue weighted by Crippen LogP contribution is -2.50. The van der Waals surface area contributed by atoms with E-state index in [-0.39, 0.29) is 37.7 Å². The number of sulfonamides is 1. The number of carbonyl (C=O) groups is 1. The molecule has 1 aliphatic heterocycles. The lowest BCUT2D eigenvalue weighted by molar-refractivity contribution is -0.132. The Kier molecular flexibility index (Phi) is 6.64. The van der Waals surface area contributed by atoms with Gasteiger partial charge in [-0.2, -0.15) is 9.29 Å². The van der Waals surface area contributed by atoms with E-state index < -0.39 is 10.0 Å². The highest BCUT2D eigenvalue weighted by atomic mass is 32.2. The van der Waals surface area contributed by atoms with Crippen LogP contribution in [0.2, 0.25) is 0 Å². The van der Waals surface area contributed by atoms with E-state index in [1.165, 1.54) is 21.7 Å². The first-order valence-corrected chi connectivity index (χ1v) is 12.8. The van der Waals surface area contributed by atoms with Crippen LogP contribution in [0, 0.1) is 26.6 Å². The molecule has 1 aromatic carbocycles. The maximum absolute atomic E-state index is 13.5. The highest BCUT2D eigenvalue weighted by Crippen LogP contribution is 2.28. The molecule has 33 heavy (non-hydrogen) atoms. The van der Waals surface area contributed by atoms with Crippen LogP contribution in [0.5, 0.6) is 0 Å². The topological polar surface area (TPSA) is 96.6 Å². The van der Waals surface area contributed by atoms with Crippen LogP contribution in [-0.4, -0.2) is 59.8 Å². The van der Waals surface area contributed by atoms with Gasteiger partial charge in [0, 0.05) is 54.3 Å². The first kappa shape index (κ1) is 23.5. The number of aryl methyl sites for hydroxylation is 4. The SMILES string of the molecule is Cc1cc(S(=O)(=O)N2CCN(C(=O)CCc3nc(-c4ccc(F)c(C)c4)no3)CC2)c(C)s1. The fraction of sp³-hybridized carbons (Fsp3) is 0.409. The Morgan fingerprint density at radius 3 is 2.52 bits per heavy atom. The van der Waals surface area contributed by atoms with Gasteiger partial charge in [0.25, 0.3) is 0 Å². The predicted molar refractivity (Wildman–Crippen MR) is 122 cm³/mol. The van der Waals surface area contributed by atoms with Crippen molar-refractivity contribution < 1.29 is 22.1 Å². The summed E-state index contributed by atoms with van der Waals surface area (Å²) in [6.45, 7) is 6.55. The summed E-state index contributed by atoms with van der Waals surface area (Å²) < 4.78 is 46.0. The molecule has 2 aromatic heterocycles. The van der Waals surface area contributed by atoms with Gasteiger partial charge in [-0.05, 0) is 50.6 Å². The summed E-state index contributed by atoms with van der Waals surface area (Å²) in [5.74, 6) is 0.275. The number of rotatable bonds is 6. The van der Waals surface area contributed by atoms with Gasteiger partial charge in [-0.25, -0.2) is 12.8 Å². The Morgan fingerprint density at radius 2 is 1.88 bits per heavy atom. The van der Waals surface area contributed by atoms with Gasteiger partial charge in [-0.3, -0.25) is 4.79 Å². The number of benzene rings is 1. The van der Waals surface area contributed by atoms with Gasteiger partial charge in [-0.1, -0.05) is 5.16 Å². The van der Waals surface area contributed by atoms with Crippen LogP contribution in [0.15, 0.2) is 33.7 Å². The number of aromatic nitrogens is 2. The molecule has 0 radical (unpaired) electrons. The van der Waals surface area contributed by atoms with Crippen molar-refractivity contribution in [3.8, 4) is 11.4 Å². The molecule has 1 fully saturated rings. The highest BCUT2D eigenvalue weighted by Gasteiger charge is 2.31. The van der Waals surface area contributed by atoms with E-state index in [1.54, 1.807) is 30.0 Å². The van der Waals surface area contributed by atoms with Gasteiger partial charge in [-0.15, -0.1) is 11.3 Å². The molecular formula is C22H25FN4O4S2. The number of carbonyl (C=O) groups excluding carboxylic acids is 1. The zero-order chi connectivity index (χ0) is 23.8. The van der Waals surface area contributed by atoms with Crippen molar-refractivity contribution in [2.24, 2.45) is 0 Å². The maximum atomic E-state index is 13.5. The van der Waals surface area contributed by atoms with Crippen LogP contribution >= 0.6 is 11.3 Å². The van der Waals surface area contributed by atoms with Crippen molar-refractivity contribution in [3.05, 3.63) is 51.3 Å². The standard InChI is InChI=1S/C22H25FN4O4S2/c1-14-12-17(4-5-18(14)23)22-24-20(31-25-22)6-7-21(28)26-8-10-27(11-9-26)33(29,30)19-13-15(2)32-16(19)3/h4-5,12-13H,6-11H2,1-3H3. The Labute approximate surface area is 196 Å². The number of halogens is 1. The van der Waals surface area contributed by atoms with Gasteiger partial charge >= 0.3 is 0 Å². The molecule has 0 aliphatic carbocycles. The van der Waals surface area contributed by atoms with E-state index in [4.69, 9.17) is 4.52 Å². The molecule has 4 rings (SSSR count). The second-order valence-corrected chi connectivity index (χ2v) is 11.4. The molecule has 0 saturated carbocycles. The Bertz CT molecular complexity index is 1280. The number of thiophene rings is 1. The lowest BCUT2D eigenvalue weighted by Gasteiger charge is -2.34. The van der Waals surface area contributed by atoms with E-state index in [2.05, 4.69) is 10.1 Å². The third kappa shape index (κ3) is 4.99. The zero-order valence-electron chi connectivity index (χ0n) is 18.7. The normalized spacial score (nSPS) is 15.2. The maximum Gasteiger partial charge on any atom is 0.244 e. The Morgan fingerprint density at radius 1 is 1.15 bits per heavy atom. The molecule has 1 amide bonds. The number of hydrogen-bond donors (Lipinski definition) is 0. The summed E-state index contributed by atoms with van der Waals surface area (Å²) >= 11 is 1.46. The van der Waals surface area contributed by atoms with Crippen molar-refractivity contribution in [3.63, 3.8) is 0 Å². The second kappa shape index (κ2) is 9.32. The summed E-state index contributed by atoms with van der Waals surface area (Å²) in [4.78, 5) is 20.7. The minimum Gasteiger partial charge on any atom is -0.340 e. The molecular weight excluding hydrogens is 467 g/mol. The summed E-state index contributed by atoms with van der Waals surface area (Å²) in [6, 6.07) is 6.28. The molecule has 8 nitrogen and oxygen atoms in total. The van der Waals surface area contributed by atoms with E-state index in [1.807, 2.05) is 13.8 Å². The van der Waals surface area contributed by atoms with Crippen LogP contribution in [-0.2, 0) is 21.2 Å². The molecule has 1 saturated heterocycles. The highest BCUT2D eigenvalue weighted by molar-refractivity contribution is 7.89. The molecule has 0 bridgehead atoms. The quantitative estimate of drug-likeness (QED) is 0.524. The second-order valence-electron chi connectivity index (χ2n) is 8.04. The number of hydrogen-bond acceptors (Lipinski definition) is 7. The van der Waals surface area contributed by atoms with Gasteiger partial charge in [0.1, 0.15) is 5.82 Å². The zero-order valence-corrected chi connectivity index (χ0v) is 20.3. The lowest BCUT2D eigenvalue weighted by atomic mass is 10.1. The average Bonchev–Trinajstić information content (AvgIpc) is 3.40. The van der Waals surface area contributed by atoms with Crippen LogP contribution in [0.4, 0.5) is 4.39 Å². The fourth-order valence-electron chi connectivity index (χ4n) is 3.81. The molecule has 3 aromatic rings. The molecule has 176 valence electrons. The van der Waals surface area contributed by atoms with Crippen LogP contribution in [0.25, 0.3) is 11.4 Å².